The van der Waals surface area contributed by atoms with Crippen LogP contribution in [-0.4, -0.2) is 37.4 Å². The van der Waals surface area contributed by atoms with Crippen LogP contribution >= 0.6 is 0 Å². The minimum Gasteiger partial charge on any atom is -0.330 e. The second-order valence-corrected chi connectivity index (χ2v) is 6.47. The first-order valence-corrected chi connectivity index (χ1v) is 9.71. The molecule has 0 heterocycles. The Morgan fingerprint density at radius 2 is 1.23 bits per heavy atom. The lowest BCUT2D eigenvalue weighted by Gasteiger charge is -2.20. The minimum absolute atomic E-state index is 0.655. The molecule has 3 nitrogen and oxygen atoms in total. The van der Waals surface area contributed by atoms with Gasteiger partial charge in [-0.25, -0.2) is 0 Å². The van der Waals surface area contributed by atoms with Crippen molar-refractivity contribution >= 4 is 6.29 Å². The molecule has 3 heteroatoms. The predicted molar refractivity (Wildman–Crippen MR) is 97.3 cm³/mol. The topological polar surface area (TPSA) is 46.3 Å². The average Bonchev–Trinajstić information content (AvgIpc) is 2.54. The molecule has 22 heavy (non-hydrogen) atoms. The number of nitrogens with zero attached hydrogens (tertiary/aromatic N) is 1. The van der Waals surface area contributed by atoms with Gasteiger partial charge in [-0.2, -0.15) is 0 Å². The SMILES string of the molecule is CCCCCCCCCCCCCN(CCC=O)CCCN. The van der Waals surface area contributed by atoms with Gasteiger partial charge >= 0.3 is 0 Å². The Hall–Kier alpha value is -0.410. The number of hydrogen-bond acceptors (Lipinski definition) is 3. The maximum atomic E-state index is 10.5. The van der Waals surface area contributed by atoms with Gasteiger partial charge in [-0.3, -0.25) is 0 Å². The molecule has 0 bridgehead atoms. The standard InChI is InChI=1S/C19H40N2O/c1-2-3-4-5-6-7-8-9-10-11-12-16-21(17-13-15-20)18-14-19-22/h19H,2-18,20H2,1H3. The van der Waals surface area contributed by atoms with Crippen molar-refractivity contribution in [2.24, 2.45) is 5.73 Å². The van der Waals surface area contributed by atoms with Crippen molar-refractivity contribution in [3.05, 3.63) is 0 Å². The summed E-state index contributed by atoms with van der Waals surface area (Å²) in [6.07, 6.45) is 17.9. The zero-order valence-corrected chi connectivity index (χ0v) is 15.0. The first-order valence-electron chi connectivity index (χ1n) is 9.71. The van der Waals surface area contributed by atoms with E-state index in [9.17, 15) is 4.79 Å². The highest BCUT2D eigenvalue weighted by atomic mass is 16.1. The Labute approximate surface area is 139 Å². The van der Waals surface area contributed by atoms with Crippen molar-refractivity contribution in [1.82, 2.24) is 4.90 Å². The van der Waals surface area contributed by atoms with Crippen LogP contribution in [0.3, 0.4) is 0 Å². The second kappa shape index (κ2) is 18.6. The summed E-state index contributed by atoms with van der Waals surface area (Å²) in [5, 5.41) is 0. The van der Waals surface area contributed by atoms with Crippen molar-refractivity contribution in [1.29, 1.82) is 0 Å². The van der Waals surface area contributed by atoms with E-state index in [0.717, 1.165) is 38.9 Å². The molecule has 0 aromatic carbocycles. The fraction of sp³-hybridized carbons (Fsp3) is 0.947. The Balaban J connectivity index is 3.35. The Morgan fingerprint density at radius 1 is 0.727 bits per heavy atom. The van der Waals surface area contributed by atoms with E-state index in [1.807, 2.05) is 0 Å². The molecule has 0 aliphatic heterocycles. The number of hydrogen-bond donors (Lipinski definition) is 1. The molecule has 0 unspecified atom stereocenters. The van der Waals surface area contributed by atoms with Crippen LogP contribution in [-0.2, 0) is 4.79 Å². The lowest BCUT2D eigenvalue weighted by atomic mass is 10.1. The summed E-state index contributed by atoms with van der Waals surface area (Å²) in [5.41, 5.74) is 5.57. The monoisotopic (exact) mass is 312 g/mol. The van der Waals surface area contributed by atoms with E-state index in [0.29, 0.717) is 6.42 Å². The van der Waals surface area contributed by atoms with Crippen molar-refractivity contribution in [2.45, 2.75) is 90.4 Å². The molecule has 132 valence electrons. The first kappa shape index (κ1) is 21.6. The highest BCUT2D eigenvalue weighted by Crippen LogP contribution is 2.11. The molecule has 0 spiro atoms. The van der Waals surface area contributed by atoms with Gasteiger partial charge in [0.1, 0.15) is 6.29 Å². The maximum absolute atomic E-state index is 10.5. The summed E-state index contributed by atoms with van der Waals surface area (Å²) in [6.45, 7) is 6.10. The molecule has 0 aromatic heterocycles. The van der Waals surface area contributed by atoms with Crippen LogP contribution in [0.2, 0.25) is 0 Å². The molecular weight excluding hydrogens is 272 g/mol. The third-order valence-corrected chi connectivity index (χ3v) is 4.32. The molecule has 0 amide bonds. The molecule has 0 saturated carbocycles. The maximum Gasteiger partial charge on any atom is 0.121 e. The summed E-state index contributed by atoms with van der Waals surface area (Å²) in [4.78, 5) is 12.9. The summed E-state index contributed by atoms with van der Waals surface area (Å²) < 4.78 is 0. The zero-order chi connectivity index (χ0) is 16.3. The Morgan fingerprint density at radius 3 is 1.73 bits per heavy atom. The van der Waals surface area contributed by atoms with E-state index in [-0.39, 0.29) is 0 Å². The van der Waals surface area contributed by atoms with Crippen LogP contribution < -0.4 is 5.73 Å². The lowest BCUT2D eigenvalue weighted by Crippen LogP contribution is -2.28. The van der Waals surface area contributed by atoms with Gasteiger partial charge in [-0.1, -0.05) is 71.1 Å². The van der Waals surface area contributed by atoms with Crippen molar-refractivity contribution in [2.75, 3.05) is 26.2 Å². The van der Waals surface area contributed by atoms with E-state index in [1.165, 1.54) is 70.6 Å². The molecule has 0 radical (unpaired) electrons. The highest BCUT2D eigenvalue weighted by molar-refractivity contribution is 5.49. The van der Waals surface area contributed by atoms with Crippen LogP contribution in [0.4, 0.5) is 0 Å². The van der Waals surface area contributed by atoms with Gasteiger partial charge in [-0.15, -0.1) is 0 Å². The van der Waals surface area contributed by atoms with Gasteiger partial charge in [0.25, 0.3) is 0 Å². The Kier molecular flexibility index (Phi) is 18.3. The summed E-state index contributed by atoms with van der Waals surface area (Å²) in [5.74, 6) is 0. The molecule has 0 aliphatic rings. The summed E-state index contributed by atoms with van der Waals surface area (Å²) in [7, 11) is 0. The van der Waals surface area contributed by atoms with Crippen molar-refractivity contribution in [3.63, 3.8) is 0 Å². The molecule has 0 fully saturated rings. The van der Waals surface area contributed by atoms with E-state index in [2.05, 4.69) is 11.8 Å². The number of rotatable bonds is 18. The van der Waals surface area contributed by atoms with Crippen LogP contribution in [0.15, 0.2) is 0 Å². The molecule has 0 rings (SSSR count). The normalized spacial score (nSPS) is 11.2. The van der Waals surface area contributed by atoms with E-state index in [1.54, 1.807) is 0 Å². The van der Waals surface area contributed by atoms with Crippen LogP contribution in [0.1, 0.15) is 90.4 Å². The minimum atomic E-state index is 0.655. The number of carbonyl (C=O) groups excluding carboxylic acids is 1. The summed E-state index contributed by atoms with van der Waals surface area (Å²) in [6, 6.07) is 0. The Bertz CT molecular complexity index is 221. The van der Waals surface area contributed by atoms with Gasteiger partial charge in [0.2, 0.25) is 0 Å². The van der Waals surface area contributed by atoms with Crippen LogP contribution in [0.5, 0.6) is 0 Å². The van der Waals surface area contributed by atoms with Crippen molar-refractivity contribution < 1.29 is 4.79 Å². The van der Waals surface area contributed by atoms with Gasteiger partial charge in [0.05, 0.1) is 0 Å². The zero-order valence-electron chi connectivity index (χ0n) is 15.0. The van der Waals surface area contributed by atoms with E-state index < -0.39 is 0 Å². The fourth-order valence-corrected chi connectivity index (χ4v) is 2.89. The largest absolute Gasteiger partial charge is 0.330 e. The number of nitrogens with two attached hydrogens (primary N) is 1. The first-order chi connectivity index (χ1) is 10.8. The molecule has 2 N–H and O–H groups in total. The third kappa shape index (κ3) is 16.0. The van der Waals surface area contributed by atoms with Gasteiger partial charge in [-0.05, 0) is 32.5 Å². The lowest BCUT2D eigenvalue weighted by molar-refractivity contribution is -0.108. The van der Waals surface area contributed by atoms with E-state index >= 15 is 0 Å². The van der Waals surface area contributed by atoms with E-state index in [4.69, 9.17) is 5.73 Å². The van der Waals surface area contributed by atoms with Crippen molar-refractivity contribution in [3.8, 4) is 0 Å². The third-order valence-electron chi connectivity index (χ3n) is 4.32. The smallest absolute Gasteiger partial charge is 0.121 e. The predicted octanol–water partition coefficient (Wildman–Crippen LogP) is 4.54. The molecule has 0 saturated heterocycles. The number of unbranched alkanes of at least 4 members (excludes halogenated alkanes) is 10. The molecule has 0 atom stereocenters. The fourth-order valence-electron chi connectivity index (χ4n) is 2.89. The van der Waals surface area contributed by atoms with Gasteiger partial charge in [0.15, 0.2) is 0 Å². The van der Waals surface area contributed by atoms with Gasteiger partial charge in [0, 0.05) is 13.0 Å². The second-order valence-electron chi connectivity index (χ2n) is 6.47. The molecule has 0 aromatic rings. The van der Waals surface area contributed by atoms with Crippen LogP contribution in [0.25, 0.3) is 0 Å². The van der Waals surface area contributed by atoms with Gasteiger partial charge < -0.3 is 15.4 Å². The highest BCUT2D eigenvalue weighted by Gasteiger charge is 2.03. The quantitative estimate of drug-likeness (QED) is 0.298. The molecule has 0 aliphatic carbocycles. The molecular formula is C19H40N2O. The number of carbonyl (C=O) groups is 1. The average molecular weight is 313 g/mol. The van der Waals surface area contributed by atoms with Crippen LogP contribution in [0, 0.1) is 0 Å². The summed E-state index contributed by atoms with van der Waals surface area (Å²) >= 11 is 0. The number of aldehydes is 1.